The zero-order valence-corrected chi connectivity index (χ0v) is 8.53. The molecule has 0 aliphatic rings. The maximum Gasteiger partial charge on any atom is 0.433 e. The van der Waals surface area contributed by atoms with E-state index in [1.54, 1.807) is 0 Å². The molecule has 0 aliphatic heterocycles. The third kappa shape index (κ3) is 2.30. The van der Waals surface area contributed by atoms with Crippen molar-refractivity contribution < 1.29 is 18.1 Å². The maximum atomic E-state index is 12.1. The molecule has 1 heterocycles. The van der Waals surface area contributed by atoms with Gasteiger partial charge in [0.1, 0.15) is 11.9 Å². The monoisotopic (exact) mass is 318 g/mol. The van der Waals surface area contributed by atoms with Crippen molar-refractivity contribution in [1.29, 1.82) is 0 Å². The van der Waals surface area contributed by atoms with Crippen LogP contribution >= 0.6 is 22.6 Å². The molecule has 0 bridgehead atoms. The van der Waals surface area contributed by atoms with E-state index in [4.69, 9.17) is 0 Å². The van der Waals surface area contributed by atoms with Crippen molar-refractivity contribution in [1.82, 2.24) is 4.98 Å². The Morgan fingerprint density at radius 2 is 2.07 bits per heavy atom. The van der Waals surface area contributed by atoms with Gasteiger partial charge in [-0.2, -0.15) is 13.2 Å². The van der Waals surface area contributed by atoms with E-state index >= 15 is 0 Å². The van der Waals surface area contributed by atoms with Gasteiger partial charge in [-0.1, -0.05) is 0 Å². The first kappa shape index (κ1) is 11.1. The highest BCUT2D eigenvalue weighted by Crippen LogP contribution is 2.30. The number of nitro groups is 1. The van der Waals surface area contributed by atoms with E-state index in [2.05, 4.69) is 4.98 Å². The molecule has 76 valence electrons. The number of halogens is 4. The van der Waals surface area contributed by atoms with E-state index in [-0.39, 0.29) is 3.57 Å². The number of nitrogens with zero attached hydrogens (tertiary/aromatic N) is 2. The summed E-state index contributed by atoms with van der Waals surface area (Å²) in [4.78, 5) is 12.4. The second-order valence-corrected chi connectivity index (χ2v) is 3.44. The average Bonchev–Trinajstić information content (AvgIpc) is 2.01. The minimum atomic E-state index is -4.57. The standard InChI is InChI=1S/C6H2F3IN2O2/c7-6(8,9)5-1-3(10)4(2-11-5)12(13)14/h1-2H. The molecule has 14 heavy (non-hydrogen) atoms. The van der Waals surface area contributed by atoms with Crippen LogP contribution in [0.3, 0.4) is 0 Å². The molecule has 0 unspecified atom stereocenters. The number of pyridine rings is 1. The van der Waals surface area contributed by atoms with Crippen molar-refractivity contribution in [3.8, 4) is 0 Å². The molecule has 1 aromatic rings. The third-order valence-corrected chi connectivity index (χ3v) is 2.19. The molecule has 1 aromatic heterocycles. The van der Waals surface area contributed by atoms with Crippen molar-refractivity contribution in [2.24, 2.45) is 0 Å². The van der Waals surface area contributed by atoms with E-state index in [0.717, 1.165) is 0 Å². The topological polar surface area (TPSA) is 56.0 Å². The summed E-state index contributed by atoms with van der Waals surface area (Å²) in [5, 5.41) is 10.3. The molecule has 0 atom stereocenters. The van der Waals surface area contributed by atoms with E-state index in [1.807, 2.05) is 0 Å². The number of hydrogen-bond acceptors (Lipinski definition) is 3. The van der Waals surface area contributed by atoms with Crippen LogP contribution in [0.2, 0.25) is 0 Å². The summed E-state index contributed by atoms with van der Waals surface area (Å²) in [7, 11) is 0. The molecule has 0 radical (unpaired) electrons. The van der Waals surface area contributed by atoms with Crippen molar-refractivity contribution in [2.45, 2.75) is 6.18 Å². The first-order valence-corrected chi connectivity index (χ1v) is 4.27. The number of alkyl halides is 3. The minimum Gasteiger partial charge on any atom is -0.258 e. The van der Waals surface area contributed by atoms with Crippen LogP contribution in [-0.2, 0) is 6.18 Å². The Hall–Kier alpha value is -0.930. The van der Waals surface area contributed by atoms with Crippen LogP contribution in [0.1, 0.15) is 5.69 Å². The number of rotatable bonds is 1. The Balaban J connectivity index is 3.20. The van der Waals surface area contributed by atoms with Crippen LogP contribution in [-0.4, -0.2) is 9.91 Å². The lowest BCUT2D eigenvalue weighted by atomic mass is 10.3. The maximum absolute atomic E-state index is 12.1. The highest BCUT2D eigenvalue weighted by Gasteiger charge is 2.33. The van der Waals surface area contributed by atoms with Gasteiger partial charge in [-0.25, -0.2) is 4.98 Å². The summed E-state index contributed by atoms with van der Waals surface area (Å²) in [6.07, 6.45) is -3.97. The van der Waals surface area contributed by atoms with Crippen LogP contribution in [0.5, 0.6) is 0 Å². The second kappa shape index (κ2) is 3.67. The highest BCUT2D eigenvalue weighted by atomic mass is 127. The summed E-state index contributed by atoms with van der Waals surface area (Å²) in [6.45, 7) is 0. The summed E-state index contributed by atoms with van der Waals surface area (Å²) in [5.74, 6) is 0. The average molecular weight is 318 g/mol. The largest absolute Gasteiger partial charge is 0.433 e. The SMILES string of the molecule is O=[N+]([O-])c1cnc(C(F)(F)F)cc1I. The van der Waals surface area contributed by atoms with Crippen molar-refractivity contribution in [3.63, 3.8) is 0 Å². The van der Waals surface area contributed by atoms with Gasteiger partial charge in [0.05, 0.1) is 8.49 Å². The van der Waals surface area contributed by atoms with Crippen LogP contribution in [0.25, 0.3) is 0 Å². The zero-order valence-electron chi connectivity index (χ0n) is 6.38. The van der Waals surface area contributed by atoms with Crippen molar-refractivity contribution in [2.75, 3.05) is 0 Å². The van der Waals surface area contributed by atoms with Crippen LogP contribution in [0.4, 0.5) is 18.9 Å². The molecule has 0 saturated carbocycles. The third-order valence-electron chi connectivity index (χ3n) is 1.32. The van der Waals surface area contributed by atoms with E-state index in [1.165, 1.54) is 22.6 Å². The molecule has 0 N–H and O–H groups in total. The highest BCUT2D eigenvalue weighted by molar-refractivity contribution is 14.1. The fourth-order valence-electron chi connectivity index (χ4n) is 0.713. The van der Waals surface area contributed by atoms with E-state index in [0.29, 0.717) is 12.3 Å². The van der Waals surface area contributed by atoms with Gasteiger partial charge in [0.2, 0.25) is 0 Å². The quantitative estimate of drug-likeness (QED) is 0.454. The molecular formula is C6H2F3IN2O2. The summed E-state index contributed by atoms with van der Waals surface area (Å²) in [5.41, 5.74) is -1.56. The molecule has 4 nitrogen and oxygen atoms in total. The van der Waals surface area contributed by atoms with Gasteiger partial charge in [-0.15, -0.1) is 0 Å². The van der Waals surface area contributed by atoms with E-state index < -0.39 is 22.5 Å². The Morgan fingerprint density at radius 3 is 2.43 bits per heavy atom. The van der Waals surface area contributed by atoms with Crippen molar-refractivity contribution in [3.05, 3.63) is 31.6 Å². The van der Waals surface area contributed by atoms with Gasteiger partial charge in [-0.3, -0.25) is 10.1 Å². The lowest BCUT2D eigenvalue weighted by molar-refractivity contribution is -0.386. The Kier molecular flexibility index (Phi) is 2.92. The zero-order chi connectivity index (χ0) is 10.9. The van der Waals surface area contributed by atoms with Gasteiger partial charge in [0.25, 0.3) is 0 Å². The van der Waals surface area contributed by atoms with Crippen LogP contribution in [0.15, 0.2) is 12.3 Å². The van der Waals surface area contributed by atoms with Gasteiger partial charge >= 0.3 is 11.9 Å². The van der Waals surface area contributed by atoms with Gasteiger partial charge < -0.3 is 0 Å². The minimum absolute atomic E-state index is 0.0880. The predicted octanol–water partition coefficient (Wildman–Crippen LogP) is 2.61. The molecule has 8 heteroatoms. The van der Waals surface area contributed by atoms with Gasteiger partial charge in [-0.05, 0) is 28.7 Å². The molecule has 0 spiro atoms. The van der Waals surface area contributed by atoms with Crippen molar-refractivity contribution >= 4 is 28.3 Å². The molecule has 0 aromatic carbocycles. The molecular weight excluding hydrogens is 316 g/mol. The predicted molar refractivity (Wildman–Crippen MR) is 48.6 cm³/mol. The Bertz CT molecular complexity index is 380. The molecule has 0 fully saturated rings. The fraction of sp³-hybridized carbons (Fsp3) is 0.167. The van der Waals surface area contributed by atoms with Crippen LogP contribution < -0.4 is 0 Å². The molecule has 0 amide bonds. The smallest absolute Gasteiger partial charge is 0.258 e. The molecule has 1 rings (SSSR count). The number of hydrogen-bond donors (Lipinski definition) is 0. The first-order chi connectivity index (χ1) is 6.32. The second-order valence-electron chi connectivity index (χ2n) is 2.28. The molecule has 0 saturated heterocycles. The van der Waals surface area contributed by atoms with Crippen LogP contribution in [0, 0.1) is 13.7 Å². The van der Waals surface area contributed by atoms with Gasteiger partial charge in [0, 0.05) is 0 Å². The van der Waals surface area contributed by atoms with Gasteiger partial charge in [0.15, 0.2) is 0 Å². The number of aromatic nitrogens is 1. The fourth-order valence-corrected chi connectivity index (χ4v) is 1.34. The Morgan fingerprint density at radius 1 is 1.50 bits per heavy atom. The Labute approximate surface area is 89.4 Å². The lowest BCUT2D eigenvalue weighted by Gasteiger charge is -2.04. The van der Waals surface area contributed by atoms with E-state index in [9.17, 15) is 23.3 Å². The molecule has 0 aliphatic carbocycles. The summed E-state index contributed by atoms with van der Waals surface area (Å²) in [6, 6.07) is 0.638. The summed E-state index contributed by atoms with van der Waals surface area (Å²) >= 11 is 1.46. The normalized spacial score (nSPS) is 11.4. The first-order valence-electron chi connectivity index (χ1n) is 3.19. The summed E-state index contributed by atoms with van der Waals surface area (Å²) < 4.78 is 36.1. The lowest BCUT2D eigenvalue weighted by Crippen LogP contribution is -2.08.